The Morgan fingerprint density at radius 1 is 1.00 bits per heavy atom. The van der Waals surface area contributed by atoms with Gasteiger partial charge in [-0.3, -0.25) is 4.90 Å². The number of para-hydroxylation sites is 1. The molecule has 0 atom stereocenters. The molecule has 1 N–H and O–H groups in total. The van der Waals surface area contributed by atoms with E-state index in [0.717, 1.165) is 39.0 Å². The Bertz CT molecular complexity index is 844. The van der Waals surface area contributed by atoms with Crippen molar-refractivity contribution in [2.45, 2.75) is 32.9 Å². The Balaban J connectivity index is 1.65. The fourth-order valence-corrected chi connectivity index (χ4v) is 4.13. The third-order valence-corrected chi connectivity index (χ3v) is 5.52. The molecule has 1 aromatic heterocycles. The lowest BCUT2D eigenvalue weighted by Gasteiger charge is -2.31. The highest BCUT2D eigenvalue weighted by Gasteiger charge is 2.19. The smallest absolute Gasteiger partial charge is 0.0491 e. The quantitative estimate of drug-likeness (QED) is 0.786. The molecule has 0 aliphatic carbocycles. The summed E-state index contributed by atoms with van der Waals surface area (Å²) in [4.78, 5) is 2.52. The number of aliphatic hydroxyl groups is 1. The van der Waals surface area contributed by atoms with E-state index >= 15 is 0 Å². The molecule has 0 saturated carbocycles. The number of hydrogen-bond acceptors (Lipinski definition) is 2. The zero-order valence-electron chi connectivity index (χ0n) is 14.4. The highest BCUT2D eigenvalue weighted by atomic mass is 16.3. The number of likely N-dealkylation sites (tertiary alicyclic amines) is 1. The minimum Gasteiger partial charge on any atom is -0.396 e. The number of aryl methyl sites for hydroxylation is 1. The van der Waals surface area contributed by atoms with Crippen LogP contribution in [-0.4, -0.2) is 34.3 Å². The lowest BCUT2D eigenvalue weighted by molar-refractivity contribution is 0.127. The number of fused-ring (bicyclic) bond motifs is 3. The first-order valence-corrected chi connectivity index (χ1v) is 9.13. The van der Waals surface area contributed by atoms with Gasteiger partial charge in [-0.2, -0.15) is 0 Å². The summed E-state index contributed by atoms with van der Waals surface area (Å²) in [7, 11) is 0. The topological polar surface area (TPSA) is 28.4 Å². The van der Waals surface area contributed by atoms with E-state index in [1.807, 2.05) is 0 Å². The Kier molecular flexibility index (Phi) is 4.30. The van der Waals surface area contributed by atoms with Crippen molar-refractivity contribution >= 4 is 21.8 Å². The molecule has 3 nitrogen and oxygen atoms in total. The predicted molar refractivity (Wildman–Crippen MR) is 100 cm³/mol. The van der Waals surface area contributed by atoms with Gasteiger partial charge in [0, 0.05) is 41.5 Å². The summed E-state index contributed by atoms with van der Waals surface area (Å²) in [5.41, 5.74) is 4.06. The van der Waals surface area contributed by atoms with Crippen molar-refractivity contribution in [3.05, 3.63) is 48.0 Å². The number of rotatable bonds is 4. The van der Waals surface area contributed by atoms with Gasteiger partial charge in [0.2, 0.25) is 0 Å². The molecule has 1 aliphatic rings. The van der Waals surface area contributed by atoms with Crippen molar-refractivity contribution in [3.63, 3.8) is 0 Å². The van der Waals surface area contributed by atoms with Crippen molar-refractivity contribution in [3.8, 4) is 0 Å². The van der Waals surface area contributed by atoms with Crippen molar-refractivity contribution in [1.29, 1.82) is 0 Å². The minimum atomic E-state index is 0.344. The molecule has 2 heterocycles. The number of aliphatic hydroxyl groups excluding tert-OH is 1. The van der Waals surface area contributed by atoms with Gasteiger partial charge >= 0.3 is 0 Å². The summed E-state index contributed by atoms with van der Waals surface area (Å²) >= 11 is 0. The molecule has 0 spiro atoms. The first kappa shape index (κ1) is 15.7. The fourth-order valence-electron chi connectivity index (χ4n) is 4.13. The first-order valence-electron chi connectivity index (χ1n) is 9.13. The zero-order valence-corrected chi connectivity index (χ0v) is 14.4. The maximum atomic E-state index is 9.29. The highest BCUT2D eigenvalue weighted by Crippen LogP contribution is 2.30. The molecule has 0 radical (unpaired) electrons. The van der Waals surface area contributed by atoms with E-state index in [1.54, 1.807) is 0 Å². The van der Waals surface area contributed by atoms with Gasteiger partial charge < -0.3 is 9.67 Å². The van der Waals surface area contributed by atoms with Crippen LogP contribution in [0.2, 0.25) is 0 Å². The molecular weight excluding hydrogens is 296 g/mol. The normalized spacial score (nSPS) is 17.1. The average Bonchev–Trinajstić information content (AvgIpc) is 2.95. The highest BCUT2D eigenvalue weighted by molar-refractivity contribution is 6.08. The molecule has 3 aromatic rings. The maximum Gasteiger partial charge on any atom is 0.0491 e. The standard InChI is InChI=1S/C21H26N2O/c1-2-23-20-6-4-3-5-18(20)19-13-17(7-8-21(19)23)14-22-11-9-16(15-24)10-12-22/h3-8,13,16,24H,2,9-12,14-15H2,1H3. The summed E-state index contributed by atoms with van der Waals surface area (Å²) in [6.45, 7) is 6.76. The second kappa shape index (κ2) is 6.58. The van der Waals surface area contributed by atoms with E-state index in [1.165, 1.54) is 27.4 Å². The van der Waals surface area contributed by atoms with Gasteiger partial charge in [0.25, 0.3) is 0 Å². The Labute approximate surface area is 143 Å². The number of piperidine rings is 1. The molecule has 2 aromatic carbocycles. The van der Waals surface area contributed by atoms with Crippen LogP contribution in [-0.2, 0) is 13.1 Å². The van der Waals surface area contributed by atoms with Crippen LogP contribution >= 0.6 is 0 Å². The summed E-state index contributed by atoms with van der Waals surface area (Å²) in [5, 5.41) is 12.0. The monoisotopic (exact) mass is 322 g/mol. The Morgan fingerprint density at radius 2 is 1.75 bits per heavy atom. The summed E-state index contributed by atoms with van der Waals surface area (Å²) in [6, 6.07) is 15.7. The summed E-state index contributed by atoms with van der Waals surface area (Å²) in [5.74, 6) is 0.506. The van der Waals surface area contributed by atoms with Gasteiger partial charge in [-0.05, 0) is 62.5 Å². The largest absolute Gasteiger partial charge is 0.396 e. The van der Waals surface area contributed by atoms with Crippen LogP contribution in [0.4, 0.5) is 0 Å². The van der Waals surface area contributed by atoms with Crippen molar-refractivity contribution in [2.24, 2.45) is 5.92 Å². The second-order valence-corrected chi connectivity index (χ2v) is 7.02. The van der Waals surface area contributed by atoms with E-state index in [-0.39, 0.29) is 0 Å². The van der Waals surface area contributed by atoms with Crippen molar-refractivity contribution in [2.75, 3.05) is 19.7 Å². The van der Waals surface area contributed by atoms with Gasteiger partial charge in [0.15, 0.2) is 0 Å². The lowest BCUT2D eigenvalue weighted by Crippen LogP contribution is -2.34. The third kappa shape index (κ3) is 2.72. The van der Waals surface area contributed by atoms with Crippen LogP contribution in [0.25, 0.3) is 21.8 Å². The molecule has 1 saturated heterocycles. The molecule has 0 bridgehead atoms. The van der Waals surface area contributed by atoms with Gasteiger partial charge in [-0.25, -0.2) is 0 Å². The summed E-state index contributed by atoms with van der Waals surface area (Å²) < 4.78 is 2.40. The molecule has 0 amide bonds. The van der Waals surface area contributed by atoms with Gasteiger partial charge in [0.1, 0.15) is 0 Å². The maximum absolute atomic E-state index is 9.29. The van der Waals surface area contributed by atoms with Gasteiger partial charge in [0.05, 0.1) is 0 Å². The molecule has 0 unspecified atom stereocenters. The van der Waals surface area contributed by atoms with Gasteiger partial charge in [-0.1, -0.05) is 24.3 Å². The number of benzene rings is 2. The predicted octanol–water partition coefficient (Wildman–Crippen LogP) is 4.02. The number of hydrogen-bond donors (Lipinski definition) is 1. The number of aromatic nitrogens is 1. The van der Waals surface area contributed by atoms with Crippen LogP contribution in [0.1, 0.15) is 25.3 Å². The SMILES string of the molecule is CCn1c2ccccc2c2cc(CN3CCC(CO)CC3)ccc21. The van der Waals surface area contributed by atoms with Crippen LogP contribution < -0.4 is 0 Å². The van der Waals surface area contributed by atoms with Gasteiger partial charge in [-0.15, -0.1) is 0 Å². The molecule has 24 heavy (non-hydrogen) atoms. The first-order chi connectivity index (χ1) is 11.8. The Hall–Kier alpha value is -1.84. The average molecular weight is 322 g/mol. The molecule has 3 heteroatoms. The van der Waals surface area contributed by atoms with Crippen molar-refractivity contribution < 1.29 is 5.11 Å². The summed E-state index contributed by atoms with van der Waals surface area (Å²) in [6.07, 6.45) is 2.24. The fraction of sp³-hybridized carbons (Fsp3) is 0.429. The second-order valence-electron chi connectivity index (χ2n) is 7.02. The lowest BCUT2D eigenvalue weighted by atomic mass is 9.97. The van der Waals surface area contributed by atoms with Crippen LogP contribution in [0, 0.1) is 5.92 Å². The van der Waals surface area contributed by atoms with Crippen LogP contribution in [0.15, 0.2) is 42.5 Å². The van der Waals surface area contributed by atoms with Crippen LogP contribution in [0.3, 0.4) is 0 Å². The minimum absolute atomic E-state index is 0.344. The van der Waals surface area contributed by atoms with E-state index in [0.29, 0.717) is 12.5 Å². The van der Waals surface area contributed by atoms with E-state index in [9.17, 15) is 5.11 Å². The van der Waals surface area contributed by atoms with E-state index in [4.69, 9.17) is 0 Å². The van der Waals surface area contributed by atoms with Crippen molar-refractivity contribution in [1.82, 2.24) is 9.47 Å². The van der Waals surface area contributed by atoms with E-state index in [2.05, 4.69) is 58.9 Å². The molecular formula is C21H26N2O. The molecule has 1 aliphatic heterocycles. The molecule has 4 rings (SSSR count). The molecule has 1 fully saturated rings. The zero-order chi connectivity index (χ0) is 16.5. The van der Waals surface area contributed by atoms with E-state index < -0.39 is 0 Å². The Morgan fingerprint density at radius 3 is 2.50 bits per heavy atom. The van der Waals surface area contributed by atoms with Crippen LogP contribution in [0.5, 0.6) is 0 Å². The third-order valence-electron chi connectivity index (χ3n) is 5.52. The molecule has 126 valence electrons. The number of nitrogens with zero attached hydrogens (tertiary/aromatic N) is 2.